The van der Waals surface area contributed by atoms with Gasteiger partial charge in [-0.25, -0.2) is 0 Å². The highest BCUT2D eigenvalue weighted by atomic mass is 16.6. The molecule has 0 spiro atoms. The van der Waals surface area contributed by atoms with Crippen LogP contribution in [0.5, 0.6) is 0 Å². The van der Waals surface area contributed by atoms with Crippen LogP contribution >= 0.6 is 0 Å². The number of piperazine rings is 1. The topological polar surface area (TPSA) is 99.3 Å². The molecule has 3 aliphatic heterocycles. The van der Waals surface area contributed by atoms with Gasteiger partial charge in [0.25, 0.3) is 5.91 Å². The Morgan fingerprint density at radius 2 is 1.80 bits per heavy atom. The molecule has 1 unspecified atom stereocenters. The van der Waals surface area contributed by atoms with E-state index < -0.39 is 11.6 Å². The van der Waals surface area contributed by atoms with Crippen LogP contribution < -0.4 is 5.32 Å². The number of ether oxygens (including phenoxy) is 1. The number of imide groups is 1. The van der Waals surface area contributed by atoms with Crippen LogP contribution in [-0.4, -0.2) is 89.3 Å². The summed E-state index contributed by atoms with van der Waals surface area (Å²) in [7, 11) is 0. The maximum Gasteiger partial charge on any atom is 0.320 e. The molecule has 0 bridgehead atoms. The zero-order valence-corrected chi connectivity index (χ0v) is 21.0. The Balaban J connectivity index is 1.25. The number of carbonyl (C=O) groups is 4. The standard InChI is InChI=1S/C26H36N4O5/c1-26(2,3)35-23(32)17-29-14-12-28(13-15-29)11-5-7-18-6-4-8-19-20(18)16-30(25(19)34)21-9-10-22(31)27-24(21)33/h4,6,8,21H,5,7,9-17H2,1-3H3,(H,27,31,33). The fourth-order valence-corrected chi connectivity index (χ4v) is 5.10. The largest absolute Gasteiger partial charge is 0.459 e. The number of nitrogens with zero attached hydrogens (tertiary/aromatic N) is 3. The average molecular weight is 485 g/mol. The molecule has 0 aliphatic carbocycles. The van der Waals surface area contributed by atoms with E-state index in [2.05, 4.69) is 21.2 Å². The van der Waals surface area contributed by atoms with Crippen molar-refractivity contribution < 1.29 is 23.9 Å². The molecule has 1 atom stereocenters. The molecular formula is C26H36N4O5. The van der Waals surface area contributed by atoms with Gasteiger partial charge in [-0.2, -0.15) is 0 Å². The van der Waals surface area contributed by atoms with Crippen LogP contribution in [0.2, 0.25) is 0 Å². The Kier molecular flexibility index (Phi) is 7.56. The van der Waals surface area contributed by atoms with Crippen LogP contribution in [0.15, 0.2) is 18.2 Å². The van der Waals surface area contributed by atoms with Crippen molar-refractivity contribution in [2.45, 2.75) is 64.6 Å². The smallest absolute Gasteiger partial charge is 0.320 e. The molecule has 0 aromatic heterocycles. The van der Waals surface area contributed by atoms with E-state index in [1.165, 1.54) is 0 Å². The van der Waals surface area contributed by atoms with Crippen molar-refractivity contribution in [3.63, 3.8) is 0 Å². The first-order valence-electron chi connectivity index (χ1n) is 12.5. The summed E-state index contributed by atoms with van der Waals surface area (Å²) in [4.78, 5) is 55.0. The van der Waals surface area contributed by atoms with Crippen LogP contribution in [0.25, 0.3) is 0 Å². The van der Waals surface area contributed by atoms with Crippen LogP contribution in [0.1, 0.15) is 61.5 Å². The first-order valence-corrected chi connectivity index (χ1v) is 12.5. The van der Waals surface area contributed by atoms with Crippen molar-refractivity contribution in [3.8, 4) is 0 Å². The summed E-state index contributed by atoms with van der Waals surface area (Å²) in [5, 5.41) is 2.36. The predicted octanol–water partition coefficient (Wildman–Crippen LogP) is 1.34. The first-order chi connectivity index (χ1) is 16.6. The van der Waals surface area contributed by atoms with E-state index in [-0.39, 0.29) is 30.1 Å². The van der Waals surface area contributed by atoms with Crippen LogP contribution in [0.3, 0.4) is 0 Å². The SMILES string of the molecule is CC(C)(C)OC(=O)CN1CCN(CCCc2cccc3c2CN(C2CCC(=O)NC2=O)C3=O)CC1. The van der Waals surface area contributed by atoms with Gasteiger partial charge in [0, 0.05) is 44.7 Å². The number of aryl methyl sites for hydroxylation is 1. The van der Waals surface area contributed by atoms with E-state index in [9.17, 15) is 19.2 Å². The summed E-state index contributed by atoms with van der Waals surface area (Å²) in [5.74, 6) is -0.959. The minimum absolute atomic E-state index is 0.127. The third kappa shape index (κ3) is 6.27. The summed E-state index contributed by atoms with van der Waals surface area (Å²) in [6, 6.07) is 5.23. The number of piperidine rings is 1. The fraction of sp³-hybridized carbons (Fsp3) is 0.615. The molecule has 1 aromatic rings. The highest BCUT2D eigenvalue weighted by molar-refractivity contribution is 6.05. The van der Waals surface area contributed by atoms with Gasteiger partial charge in [-0.15, -0.1) is 0 Å². The molecule has 2 fully saturated rings. The normalized spacial score (nSPS) is 21.7. The van der Waals surface area contributed by atoms with E-state index in [0.29, 0.717) is 25.1 Å². The van der Waals surface area contributed by atoms with Crippen molar-refractivity contribution in [1.82, 2.24) is 20.0 Å². The molecule has 4 rings (SSSR count). The fourth-order valence-electron chi connectivity index (χ4n) is 5.10. The number of nitrogens with one attached hydrogen (secondary N) is 1. The Hall–Kier alpha value is -2.78. The molecule has 1 aromatic carbocycles. The van der Waals surface area contributed by atoms with E-state index >= 15 is 0 Å². The van der Waals surface area contributed by atoms with E-state index in [1.807, 2.05) is 32.9 Å². The molecule has 9 heteroatoms. The summed E-state index contributed by atoms with van der Waals surface area (Å²) in [5.41, 5.74) is 2.36. The van der Waals surface area contributed by atoms with Gasteiger partial charge in [-0.05, 0) is 63.8 Å². The molecule has 2 saturated heterocycles. The van der Waals surface area contributed by atoms with Crippen LogP contribution in [0.4, 0.5) is 0 Å². The molecule has 0 saturated carbocycles. The van der Waals surface area contributed by atoms with E-state index in [4.69, 9.17) is 4.74 Å². The molecule has 0 radical (unpaired) electrons. The van der Waals surface area contributed by atoms with Crippen molar-refractivity contribution in [2.75, 3.05) is 39.3 Å². The maximum absolute atomic E-state index is 13.0. The number of hydrogen-bond donors (Lipinski definition) is 1. The number of hydrogen-bond acceptors (Lipinski definition) is 7. The zero-order chi connectivity index (χ0) is 25.2. The summed E-state index contributed by atoms with van der Waals surface area (Å²) < 4.78 is 5.42. The van der Waals surface area contributed by atoms with E-state index in [0.717, 1.165) is 56.7 Å². The van der Waals surface area contributed by atoms with Gasteiger partial charge in [-0.3, -0.25) is 29.4 Å². The van der Waals surface area contributed by atoms with Gasteiger partial charge >= 0.3 is 5.97 Å². The summed E-state index contributed by atoms with van der Waals surface area (Å²) in [6.07, 6.45) is 2.46. The average Bonchev–Trinajstić information content (AvgIpc) is 3.11. The summed E-state index contributed by atoms with van der Waals surface area (Å²) >= 11 is 0. The third-order valence-electron chi connectivity index (χ3n) is 6.84. The molecule has 9 nitrogen and oxygen atoms in total. The van der Waals surface area contributed by atoms with Crippen molar-refractivity contribution in [2.24, 2.45) is 0 Å². The molecule has 3 aliphatic rings. The van der Waals surface area contributed by atoms with Crippen molar-refractivity contribution in [3.05, 3.63) is 34.9 Å². The molecule has 3 heterocycles. The Morgan fingerprint density at radius 1 is 1.09 bits per heavy atom. The Labute approximate surface area is 206 Å². The van der Waals surface area contributed by atoms with E-state index in [1.54, 1.807) is 4.90 Å². The second-order valence-electron chi connectivity index (χ2n) is 10.7. The molecule has 1 N–H and O–H groups in total. The highest BCUT2D eigenvalue weighted by Crippen LogP contribution is 2.30. The second-order valence-corrected chi connectivity index (χ2v) is 10.7. The van der Waals surface area contributed by atoms with Gasteiger partial charge in [0.2, 0.25) is 11.8 Å². The van der Waals surface area contributed by atoms with Gasteiger partial charge in [0.1, 0.15) is 11.6 Å². The molecular weight excluding hydrogens is 448 g/mol. The number of fused-ring (bicyclic) bond motifs is 1. The minimum atomic E-state index is -0.586. The Bertz CT molecular complexity index is 994. The van der Waals surface area contributed by atoms with Crippen LogP contribution in [-0.2, 0) is 32.1 Å². The second kappa shape index (κ2) is 10.5. The van der Waals surface area contributed by atoms with Gasteiger partial charge in [-0.1, -0.05) is 12.1 Å². The minimum Gasteiger partial charge on any atom is -0.459 e. The van der Waals surface area contributed by atoms with Crippen molar-refractivity contribution >= 4 is 23.7 Å². The predicted molar refractivity (Wildman–Crippen MR) is 130 cm³/mol. The van der Waals surface area contributed by atoms with Gasteiger partial charge in [0.05, 0.1) is 6.54 Å². The van der Waals surface area contributed by atoms with Gasteiger partial charge < -0.3 is 14.5 Å². The van der Waals surface area contributed by atoms with Gasteiger partial charge in [0.15, 0.2) is 0 Å². The maximum atomic E-state index is 13.0. The first kappa shape index (κ1) is 25.3. The monoisotopic (exact) mass is 484 g/mol. The lowest BCUT2D eigenvalue weighted by atomic mass is 9.99. The lowest BCUT2D eigenvalue weighted by Crippen LogP contribution is -2.52. The number of benzene rings is 1. The third-order valence-corrected chi connectivity index (χ3v) is 6.84. The lowest BCUT2D eigenvalue weighted by Gasteiger charge is -2.34. The highest BCUT2D eigenvalue weighted by Gasteiger charge is 2.39. The Morgan fingerprint density at radius 3 is 2.49 bits per heavy atom. The molecule has 35 heavy (non-hydrogen) atoms. The van der Waals surface area contributed by atoms with Crippen LogP contribution in [0, 0.1) is 0 Å². The molecule has 190 valence electrons. The van der Waals surface area contributed by atoms with Crippen molar-refractivity contribution in [1.29, 1.82) is 0 Å². The lowest BCUT2D eigenvalue weighted by molar-refractivity contribution is -0.156. The number of esters is 1. The number of amides is 3. The molecule has 3 amide bonds. The quantitative estimate of drug-likeness (QED) is 0.461. The number of carbonyl (C=O) groups excluding carboxylic acids is 4. The zero-order valence-electron chi connectivity index (χ0n) is 21.0. The number of rotatable bonds is 7. The summed E-state index contributed by atoms with van der Waals surface area (Å²) in [6.45, 7) is 10.9.